The summed E-state index contributed by atoms with van der Waals surface area (Å²) < 4.78 is 11.2. The van der Waals surface area contributed by atoms with E-state index in [9.17, 15) is 4.79 Å². The van der Waals surface area contributed by atoms with Gasteiger partial charge in [-0.15, -0.1) is 0 Å². The molecule has 0 saturated carbocycles. The minimum absolute atomic E-state index is 0.0457. The number of hydrogen-bond donors (Lipinski definition) is 0. The topological polar surface area (TPSA) is 38.8 Å². The highest BCUT2D eigenvalue weighted by atomic mass is 16.5. The molecule has 33 heavy (non-hydrogen) atoms. The van der Waals surface area contributed by atoms with Crippen molar-refractivity contribution in [3.8, 4) is 11.5 Å². The van der Waals surface area contributed by atoms with Crippen LogP contribution in [0.1, 0.15) is 41.4 Å². The van der Waals surface area contributed by atoms with Crippen molar-refractivity contribution < 1.29 is 14.3 Å². The van der Waals surface area contributed by atoms with Gasteiger partial charge in [-0.25, -0.2) is 0 Å². The lowest BCUT2D eigenvalue weighted by Gasteiger charge is -2.35. The molecule has 0 radical (unpaired) electrons. The Hall–Kier alpha value is -3.79. The van der Waals surface area contributed by atoms with Crippen molar-refractivity contribution in [3.05, 3.63) is 102 Å². The van der Waals surface area contributed by atoms with Crippen LogP contribution in [0.4, 0.5) is 5.69 Å². The minimum Gasteiger partial charge on any atom is -0.497 e. The third-order valence-electron chi connectivity index (χ3n) is 6.78. The molecule has 0 N–H and O–H groups in total. The summed E-state index contributed by atoms with van der Waals surface area (Å²) in [6.45, 7) is 4.41. The Balaban J connectivity index is 1.77. The number of hydrogen-bond acceptors (Lipinski definition) is 3. The number of carbonyl (C=O) groups is 1. The third kappa shape index (κ3) is 3.25. The number of rotatable bonds is 4. The Morgan fingerprint density at radius 3 is 2.24 bits per heavy atom. The van der Waals surface area contributed by atoms with Crippen LogP contribution in [-0.4, -0.2) is 20.1 Å². The monoisotopic (exact) mass is 437 g/mol. The fourth-order valence-electron chi connectivity index (χ4n) is 5.16. The number of methoxy groups -OCH3 is 2. The van der Waals surface area contributed by atoms with E-state index in [1.165, 1.54) is 0 Å². The highest BCUT2D eigenvalue weighted by Gasteiger charge is 2.49. The summed E-state index contributed by atoms with van der Waals surface area (Å²) in [6.07, 6.45) is 0. The molecule has 4 nitrogen and oxygen atoms in total. The van der Waals surface area contributed by atoms with E-state index in [1.807, 2.05) is 65.6 Å². The molecule has 1 heterocycles. The predicted octanol–water partition coefficient (Wildman–Crippen LogP) is 6.54. The Morgan fingerprint density at radius 1 is 0.818 bits per heavy atom. The number of amides is 1. The van der Waals surface area contributed by atoms with E-state index in [0.29, 0.717) is 5.56 Å². The Kier molecular flexibility index (Phi) is 5.09. The number of ether oxygens (including phenoxy) is 2. The predicted molar refractivity (Wildman–Crippen MR) is 133 cm³/mol. The summed E-state index contributed by atoms with van der Waals surface area (Å²) in [7, 11) is 3.32. The average Bonchev–Trinajstić information content (AvgIpc) is 3.09. The van der Waals surface area contributed by atoms with Crippen molar-refractivity contribution in [1.29, 1.82) is 0 Å². The second kappa shape index (κ2) is 7.96. The summed E-state index contributed by atoms with van der Waals surface area (Å²) in [6, 6.07) is 27.6. The van der Waals surface area contributed by atoms with Gasteiger partial charge in [-0.2, -0.15) is 0 Å². The van der Waals surface area contributed by atoms with E-state index in [2.05, 4.69) is 38.1 Å². The van der Waals surface area contributed by atoms with Crippen LogP contribution in [0.15, 0.2) is 84.9 Å². The van der Waals surface area contributed by atoms with E-state index in [-0.39, 0.29) is 17.4 Å². The van der Waals surface area contributed by atoms with E-state index >= 15 is 0 Å². The molecular weight excluding hydrogens is 410 g/mol. The van der Waals surface area contributed by atoms with Crippen molar-refractivity contribution in [3.63, 3.8) is 0 Å². The summed E-state index contributed by atoms with van der Waals surface area (Å²) in [4.78, 5) is 16.0. The summed E-state index contributed by atoms with van der Waals surface area (Å²) in [5.41, 5.74) is 3.39. The fourth-order valence-corrected chi connectivity index (χ4v) is 5.16. The van der Waals surface area contributed by atoms with Gasteiger partial charge in [0.1, 0.15) is 11.5 Å². The second-order valence-electron chi connectivity index (χ2n) is 8.95. The van der Waals surface area contributed by atoms with Crippen LogP contribution in [-0.2, 0) is 5.41 Å². The van der Waals surface area contributed by atoms with Gasteiger partial charge < -0.3 is 9.47 Å². The lowest BCUT2D eigenvalue weighted by Crippen LogP contribution is -2.38. The van der Waals surface area contributed by atoms with Gasteiger partial charge in [0.05, 0.1) is 20.3 Å². The average molecular weight is 438 g/mol. The zero-order valence-corrected chi connectivity index (χ0v) is 19.3. The van der Waals surface area contributed by atoms with Crippen molar-refractivity contribution in [2.45, 2.75) is 25.3 Å². The first-order chi connectivity index (χ1) is 16.0. The van der Waals surface area contributed by atoms with Crippen LogP contribution in [0.5, 0.6) is 11.5 Å². The first kappa shape index (κ1) is 21.1. The fraction of sp³-hybridized carbons (Fsp3) is 0.207. The van der Waals surface area contributed by atoms with Crippen LogP contribution < -0.4 is 14.4 Å². The minimum atomic E-state index is -0.337. The molecule has 0 bridgehead atoms. The van der Waals surface area contributed by atoms with Gasteiger partial charge in [0.2, 0.25) is 0 Å². The normalized spacial score (nSPS) is 16.5. The van der Waals surface area contributed by atoms with Crippen molar-refractivity contribution in [2.24, 2.45) is 0 Å². The maximum atomic E-state index is 14.1. The Bertz CT molecular complexity index is 1340. The van der Waals surface area contributed by atoms with Crippen LogP contribution in [0.2, 0.25) is 0 Å². The molecule has 0 spiro atoms. The molecule has 0 aromatic heterocycles. The van der Waals surface area contributed by atoms with Gasteiger partial charge in [0.15, 0.2) is 0 Å². The van der Waals surface area contributed by atoms with Crippen LogP contribution in [0.25, 0.3) is 10.8 Å². The number of benzene rings is 4. The van der Waals surface area contributed by atoms with Gasteiger partial charge in [0, 0.05) is 22.2 Å². The van der Waals surface area contributed by atoms with Gasteiger partial charge >= 0.3 is 0 Å². The second-order valence-corrected chi connectivity index (χ2v) is 8.95. The molecule has 5 rings (SSSR count). The summed E-state index contributed by atoms with van der Waals surface area (Å²) in [5, 5.41) is 2.21. The number of para-hydroxylation sites is 1. The molecule has 0 fully saturated rings. The van der Waals surface area contributed by atoms with Crippen molar-refractivity contribution in [1.82, 2.24) is 0 Å². The molecule has 1 aliphatic rings. The Morgan fingerprint density at radius 2 is 1.52 bits per heavy atom. The molecule has 0 aliphatic carbocycles. The lowest BCUT2D eigenvalue weighted by atomic mass is 9.76. The summed E-state index contributed by atoms with van der Waals surface area (Å²) >= 11 is 0. The van der Waals surface area contributed by atoms with Crippen molar-refractivity contribution >= 4 is 22.4 Å². The molecule has 1 aliphatic heterocycles. The first-order valence-electron chi connectivity index (χ1n) is 11.1. The maximum Gasteiger partial charge on any atom is 0.258 e. The quantitative estimate of drug-likeness (QED) is 0.364. The van der Waals surface area contributed by atoms with E-state index in [4.69, 9.17) is 9.47 Å². The van der Waals surface area contributed by atoms with E-state index < -0.39 is 0 Å². The number of carbonyl (C=O) groups excluding carboxylic acids is 1. The van der Waals surface area contributed by atoms with Crippen LogP contribution in [0, 0.1) is 0 Å². The van der Waals surface area contributed by atoms with Crippen molar-refractivity contribution in [2.75, 3.05) is 19.1 Å². The molecule has 4 aromatic rings. The van der Waals surface area contributed by atoms with Gasteiger partial charge in [0.25, 0.3) is 5.91 Å². The molecule has 4 aromatic carbocycles. The van der Waals surface area contributed by atoms with Crippen LogP contribution >= 0.6 is 0 Å². The molecular formula is C29H27NO3. The SMILES string of the molecule is COc1ccc(C(=O)N2c3ccccc3C(C)(C)[C@H]2c2c(OC)ccc3ccccc23)cc1. The third-order valence-corrected chi connectivity index (χ3v) is 6.78. The van der Waals surface area contributed by atoms with E-state index in [0.717, 1.165) is 39.1 Å². The zero-order valence-electron chi connectivity index (χ0n) is 19.3. The largest absolute Gasteiger partial charge is 0.497 e. The van der Waals surface area contributed by atoms with Gasteiger partial charge in [-0.05, 0) is 52.7 Å². The first-order valence-corrected chi connectivity index (χ1v) is 11.1. The zero-order chi connectivity index (χ0) is 23.2. The molecule has 0 saturated heterocycles. The lowest BCUT2D eigenvalue weighted by molar-refractivity contribution is 0.0971. The Labute approximate surface area is 194 Å². The number of nitrogens with zero attached hydrogens (tertiary/aromatic N) is 1. The highest BCUT2D eigenvalue weighted by molar-refractivity contribution is 6.09. The van der Waals surface area contributed by atoms with Gasteiger partial charge in [-0.1, -0.05) is 62.4 Å². The summed E-state index contributed by atoms with van der Waals surface area (Å²) in [5.74, 6) is 1.46. The maximum absolute atomic E-state index is 14.1. The van der Waals surface area contributed by atoms with Crippen LogP contribution in [0.3, 0.4) is 0 Å². The molecule has 0 unspecified atom stereocenters. The highest BCUT2D eigenvalue weighted by Crippen LogP contribution is 2.56. The molecule has 1 amide bonds. The number of fused-ring (bicyclic) bond motifs is 2. The smallest absolute Gasteiger partial charge is 0.258 e. The standard InChI is InChI=1S/C29H27NO3/c1-29(2)23-11-7-8-12-24(23)30(28(31)20-13-16-21(32-3)17-14-20)27(29)26-22-10-6-5-9-19(22)15-18-25(26)33-4/h5-18,27H,1-4H3/t27-/m1/s1. The molecule has 1 atom stereocenters. The number of anilines is 1. The molecule has 4 heteroatoms. The van der Waals surface area contributed by atoms with Gasteiger partial charge in [-0.3, -0.25) is 9.69 Å². The molecule has 166 valence electrons. The van der Waals surface area contributed by atoms with E-state index in [1.54, 1.807) is 14.2 Å².